The van der Waals surface area contributed by atoms with Crippen molar-refractivity contribution in [3.05, 3.63) is 60.2 Å². The molecule has 0 radical (unpaired) electrons. The molecule has 0 spiro atoms. The summed E-state index contributed by atoms with van der Waals surface area (Å²) in [5.41, 5.74) is 2.19. The third kappa shape index (κ3) is 3.82. The van der Waals surface area contributed by atoms with Crippen LogP contribution in [0.15, 0.2) is 59.5 Å². The number of benzene rings is 2. The Bertz CT molecular complexity index is 637. The minimum Gasteiger partial charge on any atom is -0.385 e. The topological polar surface area (TPSA) is 58.2 Å². The molecule has 106 valence electrons. The lowest BCUT2D eigenvalue weighted by Crippen LogP contribution is -2.18. The summed E-state index contributed by atoms with van der Waals surface area (Å²) in [6.45, 7) is 0.808. The maximum absolute atomic E-state index is 11.6. The second-order valence-electron chi connectivity index (χ2n) is 4.39. The highest BCUT2D eigenvalue weighted by atomic mass is 32.2. The zero-order valence-electron chi connectivity index (χ0n) is 11.3. The average Bonchev–Trinajstić information content (AvgIpc) is 2.49. The molecule has 20 heavy (non-hydrogen) atoms. The number of hydrogen-bond donors (Lipinski definition) is 2. The lowest BCUT2D eigenvalue weighted by molar-refractivity contribution is 0.588. The van der Waals surface area contributed by atoms with Gasteiger partial charge in [-0.05, 0) is 43.3 Å². The lowest BCUT2D eigenvalue weighted by atomic mass is 10.1. The van der Waals surface area contributed by atoms with Gasteiger partial charge in [-0.3, -0.25) is 0 Å². The number of sulfonamides is 1. The number of rotatable bonds is 6. The van der Waals surface area contributed by atoms with Crippen molar-refractivity contribution < 1.29 is 8.42 Å². The predicted octanol–water partition coefficient (Wildman–Crippen LogP) is 2.25. The van der Waals surface area contributed by atoms with Crippen molar-refractivity contribution in [2.75, 3.05) is 18.9 Å². The summed E-state index contributed by atoms with van der Waals surface area (Å²) in [5.74, 6) is 0. The van der Waals surface area contributed by atoms with Gasteiger partial charge < -0.3 is 5.32 Å². The highest BCUT2D eigenvalue weighted by molar-refractivity contribution is 7.89. The van der Waals surface area contributed by atoms with Crippen molar-refractivity contribution in [3.8, 4) is 0 Å². The summed E-state index contributed by atoms with van der Waals surface area (Å²) in [6, 6.07) is 16.9. The van der Waals surface area contributed by atoms with E-state index in [0.29, 0.717) is 0 Å². The molecular formula is C15H18N2O2S. The maximum Gasteiger partial charge on any atom is 0.240 e. The molecule has 0 atom stereocenters. The van der Waals surface area contributed by atoms with E-state index in [-0.39, 0.29) is 4.90 Å². The van der Waals surface area contributed by atoms with Crippen molar-refractivity contribution in [1.82, 2.24) is 4.72 Å². The molecule has 0 saturated carbocycles. The first-order valence-corrected chi connectivity index (χ1v) is 7.91. The Kier molecular flexibility index (Phi) is 4.76. The fourth-order valence-corrected chi connectivity index (χ4v) is 2.60. The largest absolute Gasteiger partial charge is 0.385 e. The van der Waals surface area contributed by atoms with E-state index >= 15 is 0 Å². The molecule has 0 unspecified atom stereocenters. The van der Waals surface area contributed by atoms with Crippen molar-refractivity contribution in [2.24, 2.45) is 0 Å². The van der Waals surface area contributed by atoms with E-state index in [4.69, 9.17) is 0 Å². The smallest absolute Gasteiger partial charge is 0.240 e. The number of hydrogen-bond acceptors (Lipinski definition) is 3. The Labute approximate surface area is 119 Å². The van der Waals surface area contributed by atoms with Crippen LogP contribution < -0.4 is 10.0 Å². The fourth-order valence-electron chi connectivity index (χ4n) is 1.87. The lowest BCUT2D eigenvalue weighted by Gasteiger charge is -2.08. The van der Waals surface area contributed by atoms with Gasteiger partial charge in [-0.25, -0.2) is 13.1 Å². The van der Waals surface area contributed by atoms with E-state index in [1.165, 1.54) is 12.6 Å². The van der Waals surface area contributed by atoms with Crippen LogP contribution in [0.5, 0.6) is 0 Å². The van der Waals surface area contributed by atoms with Gasteiger partial charge in [0.2, 0.25) is 10.0 Å². The van der Waals surface area contributed by atoms with Crippen LogP contribution in [-0.2, 0) is 16.4 Å². The van der Waals surface area contributed by atoms with E-state index in [0.717, 1.165) is 18.7 Å². The van der Waals surface area contributed by atoms with Gasteiger partial charge in [-0.1, -0.05) is 30.3 Å². The molecule has 0 aliphatic carbocycles. The Morgan fingerprint density at radius 3 is 2.20 bits per heavy atom. The minimum atomic E-state index is -3.36. The van der Waals surface area contributed by atoms with Crippen molar-refractivity contribution >= 4 is 15.7 Å². The normalized spacial score (nSPS) is 11.2. The standard InChI is InChI=1S/C15H18N2O2S/c1-16-20(18,19)15-9-7-14(8-10-15)17-12-11-13-5-3-2-4-6-13/h2-10,16-17H,11-12H2,1H3. The molecule has 0 aliphatic heterocycles. The molecule has 0 bridgehead atoms. The monoisotopic (exact) mass is 290 g/mol. The van der Waals surface area contributed by atoms with Gasteiger partial charge in [0, 0.05) is 12.2 Å². The fraction of sp³-hybridized carbons (Fsp3) is 0.200. The van der Waals surface area contributed by atoms with Gasteiger partial charge in [-0.2, -0.15) is 0 Å². The SMILES string of the molecule is CNS(=O)(=O)c1ccc(NCCc2ccccc2)cc1. The second-order valence-corrected chi connectivity index (χ2v) is 6.28. The molecule has 0 heterocycles. The van der Waals surface area contributed by atoms with Crippen LogP contribution in [-0.4, -0.2) is 22.0 Å². The summed E-state index contributed by atoms with van der Waals surface area (Å²) >= 11 is 0. The zero-order valence-corrected chi connectivity index (χ0v) is 12.2. The molecular weight excluding hydrogens is 272 g/mol. The molecule has 0 aromatic heterocycles. The first-order chi connectivity index (χ1) is 9.62. The van der Waals surface area contributed by atoms with Gasteiger partial charge >= 0.3 is 0 Å². The van der Waals surface area contributed by atoms with Crippen LogP contribution in [0.3, 0.4) is 0 Å². The van der Waals surface area contributed by atoms with E-state index in [1.54, 1.807) is 24.3 Å². The highest BCUT2D eigenvalue weighted by Gasteiger charge is 2.09. The third-order valence-electron chi connectivity index (χ3n) is 3.02. The van der Waals surface area contributed by atoms with Gasteiger partial charge in [-0.15, -0.1) is 0 Å². The maximum atomic E-state index is 11.6. The summed E-state index contributed by atoms with van der Waals surface area (Å²) in [6.07, 6.45) is 0.928. The zero-order chi connectivity index (χ0) is 14.4. The van der Waals surface area contributed by atoms with Crippen LogP contribution >= 0.6 is 0 Å². The quantitative estimate of drug-likeness (QED) is 0.858. The Morgan fingerprint density at radius 1 is 0.950 bits per heavy atom. The molecule has 0 amide bonds. The van der Waals surface area contributed by atoms with E-state index in [1.807, 2.05) is 18.2 Å². The Morgan fingerprint density at radius 2 is 1.60 bits per heavy atom. The summed E-state index contributed by atoms with van der Waals surface area (Å²) in [7, 11) is -1.95. The summed E-state index contributed by atoms with van der Waals surface area (Å²) < 4.78 is 25.5. The molecule has 5 heteroatoms. The van der Waals surface area contributed by atoms with Crippen LogP contribution in [0, 0.1) is 0 Å². The number of anilines is 1. The molecule has 2 rings (SSSR count). The van der Waals surface area contributed by atoms with E-state index in [9.17, 15) is 8.42 Å². The molecule has 2 aromatic rings. The highest BCUT2D eigenvalue weighted by Crippen LogP contribution is 2.13. The summed E-state index contributed by atoms with van der Waals surface area (Å²) in [4.78, 5) is 0.272. The van der Waals surface area contributed by atoms with Crippen molar-refractivity contribution in [3.63, 3.8) is 0 Å². The molecule has 0 saturated heterocycles. The van der Waals surface area contributed by atoms with E-state index < -0.39 is 10.0 Å². The van der Waals surface area contributed by atoms with Crippen molar-refractivity contribution in [2.45, 2.75) is 11.3 Å². The van der Waals surface area contributed by atoms with Gasteiger partial charge in [0.25, 0.3) is 0 Å². The minimum absolute atomic E-state index is 0.272. The van der Waals surface area contributed by atoms with Gasteiger partial charge in [0.1, 0.15) is 0 Å². The molecule has 4 nitrogen and oxygen atoms in total. The number of nitrogens with one attached hydrogen (secondary N) is 2. The molecule has 2 N–H and O–H groups in total. The van der Waals surface area contributed by atoms with Gasteiger partial charge in [0.15, 0.2) is 0 Å². The third-order valence-corrected chi connectivity index (χ3v) is 4.45. The van der Waals surface area contributed by atoms with E-state index in [2.05, 4.69) is 22.2 Å². The molecule has 2 aromatic carbocycles. The second kappa shape index (κ2) is 6.54. The predicted molar refractivity (Wildman–Crippen MR) is 81.3 cm³/mol. The Balaban J connectivity index is 1.92. The van der Waals surface area contributed by atoms with Crippen LogP contribution in [0.2, 0.25) is 0 Å². The van der Waals surface area contributed by atoms with Gasteiger partial charge in [0.05, 0.1) is 4.90 Å². The van der Waals surface area contributed by atoms with Crippen LogP contribution in [0.25, 0.3) is 0 Å². The van der Waals surface area contributed by atoms with Crippen LogP contribution in [0.4, 0.5) is 5.69 Å². The Hall–Kier alpha value is -1.85. The molecule has 0 aliphatic rings. The molecule has 0 fully saturated rings. The van der Waals surface area contributed by atoms with Crippen LogP contribution in [0.1, 0.15) is 5.56 Å². The van der Waals surface area contributed by atoms with Crippen molar-refractivity contribution in [1.29, 1.82) is 0 Å². The summed E-state index contributed by atoms with van der Waals surface area (Å²) in [5, 5.41) is 3.27. The average molecular weight is 290 g/mol. The first kappa shape index (κ1) is 14.6. The first-order valence-electron chi connectivity index (χ1n) is 6.43.